The molecule has 0 radical (unpaired) electrons. The van der Waals surface area contributed by atoms with Crippen LogP contribution in [0.15, 0.2) is 0 Å². The highest BCUT2D eigenvalue weighted by Gasteiger charge is 2.43. The molecule has 0 aromatic rings. The van der Waals surface area contributed by atoms with E-state index in [-0.39, 0.29) is 39.1 Å². The fourth-order valence-electron chi connectivity index (χ4n) is 1.40. The van der Waals surface area contributed by atoms with Gasteiger partial charge < -0.3 is 10.2 Å². The molecule has 1 rings (SSSR count). The number of rotatable bonds is 6. The van der Waals surface area contributed by atoms with Gasteiger partial charge in [-0.25, -0.2) is 4.79 Å². The Morgan fingerprint density at radius 2 is 1.19 bits per heavy atom. The minimum absolute atomic E-state index is 0.0372. The molecule has 16 heavy (non-hydrogen) atoms. The van der Waals surface area contributed by atoms with Gasteiger partial charge in [-0.3, -0.25) is 19.4 Å². The Morgan fingerprint density at radius 3 is 1.50 bits per heavy atom. The quantitative estimate of drug-likeness (QED) is 0.429. The predicted octanol–water partition coefficient (Wildman–Crippen LogP) is -1.46. The lowest BCUT2D eigenvalue weighted by Crippen LogP contribution is -2.35. The first-order chi connectivity index (χ1) is 7.63. The molecule has 7 nitrogen and oxygen atoms in total. The van der Waals surface area contributed by atoms with Crippen molar-refractivity contribution in [3.8, 4) is 0 Å². The maximum atomic E-state index is 11.6. The summed E-state index contributed by atoms with van der Waals surface area (Å²) in [6.45, 7) is -0.227. The highest BCUT2D eigenvalue weighted by atomic mass is 16.3. The number of hydrogen-bond acceptors (Lipinski definition) is 5. The molecule has 0 bridgehead atoms. The summed E-state index contributed by atoms with van der Waals surface area (Å²) in [4.78, 5) is 35.9. The summed E-state index contributed by atoms with van der Waals surface area (Å²) in [5.41, 5.74) is 0. The van der Waals surface area contributed by atoms with Gasteiger partial charge in [0.2, 0.25) is 0 Å². The van der Waals surface area contributed by atoms with Gasteiger partial charge in [-0.05, 0) is 12.8 Å². The van der Waals surface area contributed by atoms with Gasteiger partial charge in [-0.1, -0.05) is 0 Å². The van der Waals surface area contributed by atoms with Crippen molar-refractivity contribution in [2.24, 2.45) is 0 Å². The molecule has 1 saturated heterocycles. The molecule has 0 unspecified atom stereocenters. The van der Waals surface area contributed by atoms with Crippen LogP contribution in [0.1, 0.15) is 12.8 Å². The first kappa shape index (κ1) is 12.6. The maximum absolute atomic E-state index is 11.6. The van der Waals surface area contributed by atoms with Crippen LogP contribution >= 0.6 is 0 Å². The van der Waals surface area contributed by atoms with Crippen LogP contribution < -0.4 is 0 Å². The number of amides is 4. The lowest BCUT2D eigenvalue weighted by molar-refractivity contribution is -0.143. The monoisotopic (exact) mass is 230 g/mol. The predicted molar refractivity (Wildman–Crippen MR) is 52.2 cm³/mol. The Kier molecular flexibility index (Phi) is 4.39. The molecule has 0 aromatic carbocycles. The summed E-state index contributed by atoms with van der Waals surface area (Å²) in [6, 6.07) is -0.670. The molecule has 0 spiro atoms. The average molecular weight is 230 g/mol. The third kappa shape index (κ3) is 2.37. The topological polar surface area (TPSA) is 98.2 Å². The first-order valence-electron chi connectivity index (χ1n) is 5.02. The summed E-state index contributed by atoms with van der Waals surface area (Å²) in [7, 11) is 0. The van der Waals surface area contributed by atoms with Gasteiger partial charge in [0.05, 0.1) is 0 Å². The number of urea groups is 1. The minimum Gasteiger partial charge on any atom is -0.396 e. The van der Waals surface area contributed by atoms with E-state index in [1.807, 2.05) is 0 Å². The minimum atomic E-state index is -0.864. The molecular weight excluding hydrogens is 216 g/mol. The van der Waals surface area contributed by atoms with Gasteiger partial charge in [-0.15, -0.1) is 0 Å². The van der Waals surface area contributed by atoms with Crippen molar-refractivity contribution >= 4 is 17.8 Å². The second kappa shape index (κ2) is 5.57. The van der Waals surface area contributed by atoms with Gasteiger partial charge in [-0.2, -0.15) is 0 Å². The normalized spacial score (nSPS) is 16.5. The number of aliphatic hydroxyl groups is 2. The van der Waals surface area contributed by atoms with Crippen molar-refractivity contribution in [2.45, 2.75) is 12.8 Å². The van der Waals surface area contributed by atoms with Crippen molar-refractivity contribution in [2.75, 3.05) is 26.3 Å². The summed E-state index contributed by atoms with van der Waals surface area (Å²) in [6.07, 6.45) is 0.497. The molecule has 0 aliphatic carbocycles. The van der Waals surface area contributed by atoms with Crippen LogP contribution in [-0.2, 0) is 9.59 Å². The lowest BCUT2D eigenvalue weighted by Gasteiger charge is -2.14. The second-order valence-corrected chi connectivity index (χ2v) is 3.35. The standard InChI is InChI=1S/C9H14N2O5/c12-5-1-3-10-7(14)8(15)11(9(10)16)4-2-6-13/h12-13H,1-6H2. The molecule has 0 aromatic heterocycles. The third-order valence-electron chi connectivity index (χ3n) is 2.21. The van der Waals surface area contributed by atoms with Gasteiger partial charge in [0.15, 0.2) is 0 Å². The third-order valence-corrected chi connectivity index (χ3v) is 2.21. The summed E-state index contributed by atoms with van der Waals surface area (Å²) in [5, 5.41) is 17.2. The van der Waals surface area contributed by atoms with E-state index < -0.39 is 17.8 Å². The van der Waals surface area contributed by atoms with E-state index in [9.17, 15) is 14.4 Å². The molecule has 4 amide bonds. The molecular formula is C9H14N2O5. The van der Waals surface area contributed by atoms with E-state index in [0.717, 1.165) is 9.80 Å². The molecule has 0 atom stereocenters. The van der Waals surface area contributed by atoms with Gasteiger partial charge in [0, 0.05) is 26.3 Å². The molecule has 90 valence electrons. The molecule has 1 fully saturated rings. The molecule has 1 heterocycles. The van der Waals surface area contributed by atoms with Crippen molar-refractivity contribution in [3.05, 3.63) is 0 Å². The Morgan fingerprint density at radius 1 is 0.812 bits per heavy atom. The molecule has 2 N–H and O–H groups in total. The van der Waals surface area contributed by atoms with Crippen molar-refractivity contribution in [3.63, 3.8) is 0 Å². The Bertz CT molecular complexity index is 276. The number of aliphatic hydroxyl groups excluding tert-OH is 2. The fraction of sp³-hybridized carbons (Fsp3) is 0.667. The van der Waals surface area contributed by atoms with Crippen LogP contribution in [0.2, 0.25) is 0 Å². The lowest BCUT2D eigenvalue weighted by atomic mass is 10.4. The van der Waals surface area contributed by atoms with Crippen molar-refractivity contribution < 1.29 is 24.6 Å². The van der Waals surface area contributed by atoms with Gasteiger partial charge in [0.25, 0.3) is 0 Å². The number of hydrogen-bond donors (Lipinski definition) is 2. The smallest absolute Gasteiger partial charge is 0.334 e. The molecule has 1 aliphatic heterocycles. The van der Waals surface area contributed by atoms with Crippen molar-refractivity contribution in [1.82, 2.24) is 9.80 Å². The number of carbonyl (C=O) groups is 3. The van der Waals surface area contributed by atoms with Gasteiger partial charge in [0.1, 0.15) is 0 Å². The zero-order valence-electron chi connectivity index (χ0n) is 8.76. The van der Waals surface area contributed by atoms with Crippen LogP contribution in [0.3, 0.4) is 0 Å². The van der Waals surface area contributed by atoms with Crippen LogP contribution in [0.4, 0.5) is 4.79 Å². The zero-order valence-corrected chi connectivity index (χ0v) is 8.76. The summed E-state index contributed by atoms with van der Waals surface area (Å²) >= 11 is 0. The number of carbonyl (C=O) groups excluding carboxylic acids is 3. The van der Waals surface area contributed by atoms with E-state index in [1.54, 1.807) is 0 Å². The second-order valence-electron chi connectivity index (χ2n) is 3.35. The van der Waals surface area contributed by atoms with E-state index in [2.05, 4.69) is 0 Å². The first-order valence-corrected chi connectivity index (χ1v) is 5.02. The number of imide groups is 2. The molecule has 0 saturated carbocycles. The Balaban J connectivity index is 2.66. The van der Waals surface area contributed by atoms with E-state index in [4.69, 9.17) is 10.2 Å². The maximum Gasteiger partial charge on any atom is 0.334 e. The van der Waals surface area contributed by atoms with Crippen LogP contribution in [0, 0.1) is 0 Å². The van der Waals surface area contributed by atoms with Crippen molar-refractivity contribution in [1.29, 1.82) is 0 Å². The average Bonchev–Trinajstić information content (AvgIpc) is 2.47. The zero-order chi connectivity index (χ0) is 12.1. The van der Waals surface area contributed by atoms with Crippen LogP contribution in [-0.4, -0.2) is 64.2 Å². The van der Waals surface area contributed by atoms with E-state index in [0.29, 0.717) is 0 Å². The summed E-state index contributed by atoms with van der Waals surface area (Å²) < 4.78 is 0. The van der Waals surface area contributed by atoms with Crippen LogP contribution in [0.25, 0.3) is 0 Å². The van der Waals surface area contributed by atoms with E-state index in [1.165, 1.54) is 0 Å². The SMILES string of the molecule is O=C1C(=O)N(CCCO)C(=O)N1CCCO. The Labute approximate surface area is 92.2 Å². The fourth-order valence-corrected chi connectivity index (χ4v) is 1.40. The highest BCUT2D eigenvalue weighted by molar-refractivity contribution is 6.44. The van der Waals surface area contributed by atoms with E-state index >= 15 is 0 Å². The van der Waals surface area contributed by atoms with Gasteiger partial charge >= 0.3 is 17.8 Å². The largest absolute Gasteiger partial charge is 0.396 e. The molecule has 7 heteroatoms. The number of nitrogens with zero attached hydrogens (tertiary/aromatic N) is 2. The Hall–Kier alpha value is -1.47. The van der Waals surface area contributed by atoms with Crippen LogP contribution in [0.5, 0.6) is 0 Å². The molecule has 1 aliphatic rings. The highest BCUT2D eigenvalue weighted by Crippen LogP contribution is 2.12. The summed E-state index contributed by atoms with van der Waals surface area (Å²) in [5.74, 6) is -1.73.